The number of carbonyl (C=O) groups excluding carboxylic acids is 1. The molecule has 0 aliphatic carbocycles. The van der Waals surface area contributed by atoms with E-state index in [9.17, 15) is 13.2 Å². The Labute approximate surface area is 126 Å². The fourth-order valence-corrected chi connectivity index (χ4v) is 4.35. The second kappa shape index (κ2) is 6.89. The van der Waals surface area contributed by atoms with Crippen molar-refractivity contribution in [1.82, 2.24) is 4.90 Å². The van der Waals surface area contributed by atoms with E-state index in [2.05, 4.69) is 6.58 Å². The first-order valence-corrected chi connectivity index (χ1v) is 8.78. The summed E-state index contributed by atoms with van der Waals surface area (Å²) < 4.78 is 25.0. The lowest BCUT2D eigenvalue weighted by Gasteiger charge is -2.31. The summed E-state index contributed by atoms with van der Waals surface area (Å²) in [6.45, 7) is 4.65. The van der Waals surface area contributed by atoms with Gasteiger partial charge >= 0.3 is 0 Å². The minimum atomic E-state index is -3.28. The molecule has 114 valence electrons. The maximum absolute atomic E-state index is 12.5. The molecule has 0 N–H and O–H groups in total. The lowest BCUT2D eigenvalue weighted by molar-refractivity contribution is -0.131. The molecule has 0 atom stereocenters. The van der Waals surface area contributed by atoms with Crippen LogP contribution in [-0.2, 0) is 14.6 Å². The van der Waals surface area contributed by atoms with E-state index >= 15 is 0 Å². The highest BCUT2D eigenvalue weighted by Gasteiger charge is 2.32. The molecule has 0 aromatic heterocycles. The van der Waals surface area contributed by atoms with Crippen LogP contribution in [0.15, 0.2) is 47.9 Å². The van der Waals surface area contributed by atoms with E-state index in [4.69, 9.17) is 0 Å². The third kappa shape index (κ3) is 3.73. The summed E-state index contributed by atoms with van der Waals surface area (Å²) in [7, 11) is -3.28. The average Bonchev–Trinajstić information content (AvgIpc) is 2.53. The van der Waals surface area contributed by atoms with Crippen LogP contribution in [0.5, 0.6) is 0 Å². The maximum atomic E-state index is 12.5. The van der Waals surface area contributed by atoms with Gasteiger partial charge in [-0.05, 0) is 31.4 Å². The lowest BCUT2D eigenvalue weighted by Crippen LogP contribution is -2.42. The Hall–Kier alpha value is -1.62. The molecule has 2 rings (SSSR count). The van der Waals surface area contributed by atoms with Gasteiger partial charge in [-0.1, -0.05) is 24.3 Å². The van der Waals surface area contributed by atoms with Crippen molar-refractivity contribution < 1.29 is 13.2 Å². The molecule has 4 nitrogen and oxygen atoms in total. The molecule has 0 unspecified atom stereocenters. The molecule has 0 bridgehead atoms. The molecular weight excluding hydrogens is 286 g/mol. The molecular formula is C16H21NO3S. The lowest BCUT2D eigenvalue weighted by atomic mass is 10.1. The molecule has 5 heteroatoms. The van der Waals surface area contributed by atoms with Crippen LogP contribution in [0, 0.1) is 0 Å². The number of amides is 1. The summed E-state index contributed by atoms with van der Waals surface area (Å²) in [6, 6.07) is 8.55. The highest BCUT2D eigenvalue weighted by Crippen LogP contribution is 2.24. The molecule has 21 heavy (non-hydrogen) atoms. The van der Waals surface area contributed by atoms with Gasteiger partial charge in [0.15, 0.2) is 9.84 Å². The summed E-state index contributed by atoms with van der Waals surface area (Å²) in [4.78, 5) is 14.1. The molecule has 1 aromatic rings. The Morgan fingerprint density at radius 3 is 2.43 bits per heavy atom. The second-order valence-corrected chi connectivity index (χ2v) is 7.49. The number of benzene rings is 1. The monoisotopic (exact) mass is 307 g/mol. The number of hydrogen-bond acceptors (Lipinski definition) is 3. The van der Waals surface area contributed by atoms with Gasteiger partial charge in [0.2, 0.25) is 5.91 Å². The fraction of sp³-hybridized carbons (Fsp3) is 0.438. The smallest absolute Gasteiger partial charge is 0.222 e. The summed E-state index contributed by atoms with van der Waals surface area (Å²) in [5, 5.41) is -0.386. The molecule has 1 heterocycles. The quantitative estimate of drug-likeness (QED) is 0.785. The van der Waals surface area contributed by atoms with Crippen LogP contribution < -0.4 is 0 Å². The molecule has 0 saturated carbocycles. The first-order chi connectivity index (χ1) is 10.1. The number of carbonyl (C=O) groups is 1. The van der Waals surface area contributed by atoms with E-state index in [1.165, 1.54) is 0 Å². The van der Waals surface area contributed by atoms with Gasteiger partial charge in [-0.2, -0.15) is 0 Å². The number of nitrogens with zero attached hydrogens (tertiary/aromatic N) is 1. The van der Waals surface area contributed by atoms with Gasteiger partial charge in [0, 0.05) is 19.5 Å². The normalized spacial score (nSPS) is 16.7. The van der Waals surface area contributed by atoms with Gasteiger partial charge in [0.25, 0.3) is 0 Å². The second-order valence-electron chi connectivity index (χ2n) is 5.27. The third-order valence-corrected chi connectivity index (χ3v) is 6.15. The van der Waals surface area contributed by atoms with E-state index in [0.29, 0.717) is 43.7 Å². The van der Waals surface area contributed by atoms with Crippen LogP contribution in [-0.4, -0.2) is 37.6 Å². The Morgan fingerprint density at radius 2 is 1.86 bits per heavy atom. The van der Waals surface area contributed by atoms with Crippen LogP contribution in [0.2, 0.25) is 0 Å². The predicted molar refractivity (Wildman–Crippen MR) is 82.7 cm³/mol. The van der Waals surface area contributed by atoms with Crippen molar-refractivity contribution in [2.24, 2.45) is 0 Å². The molecule has 0 spiro atoms. The van der Waals surface area contributed by atoms with Gasteiger partial charge in [0.1, 0.15) is 0 Å². The molecule has 1 saturated heterocycles. The Bertz CT molecular complexity index is 587. The van der Waals surface area contributed by atoms with E-state index in [1.807, 2.05) is 0 Å². The summed E-state index contributed by atoms with van der Waals surface area (Å²) in [5.74, 6) is 0.0884. The number of hydrogen-bond donors (Lipinski definition) is 0. The van der Waals surface area contributed by atoms with Gasteiger partial charge in [-0.3, -0.25) is 4.79 Å². The van der Waals surface area contributed by atoms with Crippen molar-refractivity contribution >= 4 is 15.7 Å². The zero-order valence-electron chi connectivity index (χ0n) is 12.1. The number of allylic oxidation sites excluding steroid dienone is 1. The van der Waals surface area contributed by atoms with Crippen LogP contribution in [0.3, 0.4) is 0 Å². The number of sulfone groups is 1. The Kier molecular flexibility index (Phi) is 5.17. The van der Waals surface area contributed by atoms with Crippen LogP contribution >= 0.6 is 0 Å². The van der Waals surface area contributed by atoms with Crippen molar-refractivity contribution in [2.45, 2.75) is 35.8 Å². The minimum Gasteiger partial charge on any atom is -0.343 e. The number of piperidine rings is 1. The standard InChI is InChI=1S/C16H21NO3S/c1-2-3-9-16(18)17-12-10-15(11-13-17)21(19,20)14-7-5-4-6-8-14/h2,4-8,15H,1,3,9-13H2. The van der Waals surface area contributed by atoms with E-state index in [0.717, 1.165) is 0 Å². The molecule has 1 aromatic carbocycles. The molecule has 1 fully saturated rings. The zero-order chi connectivity index (χ0) is 15.3. The van der Waals surface area contributed by atoms with Crippen LogP contribution in [0.4, 0.5) is 0 Å². The number of rotatable bonds is 5. The van der Waals surface area contributed by atoms with Crippen molar-refractivity contribution in [3.8, 4) is 0 Å². The van der Waals surface area contributed by atoms with Crippen molar-refractivity contribution in [2.75, 3.05) is 13.1 Å². The summed E-state index contributed by atoms with van der Waals surface area (Å²) in [6.07, 6.45) is 3.87. The molecule has 1 aliphatic rings. The highest BCUT2D eigenvalue weighted by molar-refractivity contribution is 7.92. The Morgan fingerprint density at radius 1 is 1.24 bits per heavy atom. The summed E-state index contributed by atoms with van der Waals surface area (Å²) in [5.41, 5.74) is 0. The van der Waals surface area contributed by atoms with E-state index in [1.54, 1.807) is 41.3 Å². The van der Waals surface area contributed by atoms with E-state index in [-0.39, 0.29) is 11.2 Å². The topological polar surface area (TPSA) is 54.5 Å². The third-order valence-electron chi connectivity index (χ3n) is 3.87. The van der Waals surface area contributed by atoms with Gasteiger partial charge < -0.3 is 4.90 Å². The van der Waals surface area contributed by atoms with E-state index < -0.39 is 9.84 Å². The van der Waals surface area contributed by atoms with Crippen molar-refractivity contribution in [1.29, 1.82) is 0 Å². The molecule has 1 amide bonds. The largest absolute Gasteiger partial charge is 0.343 e. The van der Waals surface area contributed by atoms with Gasteiger partial charge in [-0.15, -0.1) is 6.58 Å². The zero-order valence-corrected chi connectivity index (χ0v) is 12.9. The SMILES string of the molecule is C=CCCC(=O)N1CCC(S(=O)(=O)c2ccccc2)CC1. The van der Waals surface area contributed by atoms with Crippen LogP contribution in [0.1, 0.15) is 25.7 Å². The van der Waals surface area contributed by atoms with Crippen molar-refractivity contribution in [3.05, 3.63) is 43.0 Å². The molecule has 1 aliphatic heterocycles. The Balaban J connectivity index is 1.98. The summed E-state index contributed by atoms with van der Waals surface area (Å²) >= 11 is 0. The maximum Gasteiger partial charge on any atom is 0.222 e. The number of likely N-dealkylation sites (tertiary alicyclic amines) is 1. The van der Waals surface area contributed by atoms with Gasteiger partial charge in [0.05, 0.1) is 10.1 Å². The first kappa shape index (κ1) is 15.8. The molecule has 0 radical (unpaired) electrons. The predicted octanol–water partition coefficient (Wildman–Crippen LogP) is 2.42. The van der Waals surface area contributed by atoms with Gasteiger partial charge in [-0.25, -0.2) is 8.42 Å². The minimum absolute atomic E-state index is 0.0884. The highest BCUT2D eigenvalue weighted by atomic mass is 32.2. The van der Waals surface area contributed by atoms with Crippen molar-refractivity contribution in [3.63, 3.8) is 0 Å². The average molecular weight is 307 g/mol. The first-order valence-electron chi connectivity index (χ1n) is 7.23. The fourth-order valence-electron chi connectivity index (χ4n) is 2.60. The van der Waals surface area contributed by atoms with Crippen LogP contribution in [0.25, 0.3) is 0 Å².